The molecule has 1 unspecified atom stereocenters. The fourth-order valence-corrected chi connectivity index (χ4v) is 3.33. The number of halogens is 1. The third-order valence-corrected chi connectivity index (χ3v) is 5.16. The van der Waals surface area contributed by atoms with E-state index in [1.807, 2.05) is 6.92 Å². The fraction of sp³-hybridized carbons (Fsp3) is 0.364. The highest BCUT2D eigenvalue weighted by Gasteiger charge is 2.13. The fourth-order valence-electron chi connectivity index (χ4n) is 3.15. The van der Waals surface area contributed by atoms with Gasteiger partial charge in [0.1, 0.15) is 5.75 Å². The minimum absolute atomic E-state index is 0.0300. The van der Waals surface area contributed by atoms with E-state index in [1.165, 1.54) is 5.69 Å². The molecule has 2 aromatic rings. The SMILES string of the molecule is CC(NCC#Cc1ccc(N2CCN(C)CC2)cc1)c1cc(Cl)ccc1O. The van der Waals surface area contributed by atoms with Gasteiger partial charge in [0.25, 0.3) is 0 Å². The highest BCUT2D eigenvalue weighted by molar-refractivity contribution is 6.30. The molecule has 0 aromatic heterocycles. The monoisotopic (exact) mass is 383 g/mol. The molecule has 2 N–H and O–H groups in total. The van der Waals surface area contributed by atoms with Crippen LogP contribution in [0.25, 0.3) is 0 Å². The maximum Gasteiger partial charge on any atom is 0.120 e. The molecule has 2 aromatic carbocycles. The number of phenols is 1. The molecule has 1 atom stereocenters. The summed E-state index contributed by atoms with van der Waals surface area (Å²) in [6, 6.07) is 13.5. The van der Waals surface area contributed by atoms with Gasteiger partial charge in [0.15, 0.2) is 0 Å². The standard InChI is InChI=1S/C22H26ClN3O/c1-17(21-16-19(23)7-10-22(21)27)24-11-3-4-18-5-8-20(9-6-18)26-14-12-25(2)13-15-26/h5-10,16-17,24,27H,11-15H2,1-2H3. The van der Waals surface area contributed by atoms with Crippen molar-refractivity contribution in [3.8, 4) is 17.6 Å². The summed E-state index contributed by atoms with van der Waals surface area (Å²) in [6.45, 7) is 6.87. The van der Waals surface area contributed by atoms with Crippen LogP contribution in [-0.4, -0.2) is 49.8 Å². The first-order valence-corrected chi connectivity index (χ1v) is 9.65. The molecule has 1 saturated heterocycles. The van der Waals surface area contributed by atoms with Gasteiger partial charge in [-0.25, -0.2) is 0 Å². The van der Waals surface area contributed by atoms with E-state index in [9.17, 15) is 5.11 Å². The van der Waals surface area contributed by atoms with Crippen LogP contribution in [-0.2, 0) is 0 Å². The van der Waals surface area contributed by atoms with Crippen molar-refractivity contribution in [3.63, 3.8) is 0 Å². The Labute approximate surface area is 166 Å². The minimum Gasteiger partial charge on any atom is -0.508 e. The molecule has 3 rings (SSSR count). The van der Waals surface area contributed by atoms with Crippen LogP contribution in [0, 0.1) is 11.8 Å². The highest BCUT2D eigenvalue weighted by Crippen LogP contribution is 2.26. The Morgan fingerprint density at radius 2 is 1.81 bits per heavy atom. The average Bonchev–Trinajstić information content (AvgIpc) is 2.68. The predicted molar refractivity (Wildman–Crippen MR) is 113 cm³/mol. The lowest BCUT2D eigenvalue weighted by molar-refractivity contribution is 0.313. The summed E-state index contributed by atoms with van der Waals surface area (Å²) < 4.78 is 0. The van der Waals surface area contributed by atoms with Gasteiger partial charge < -0.3 is 14.9 Å². The molecule has 0 bridgehead atoms. The zero-order valence-electron chi connectivity index (χ0n) is 15.9. The average molecular weight is 384 g/mol. The van der Waals surface area contributed by atoms with Crippen molar-refractivity contribution in [1.29, 1.82) is 0 Å². The number of nitrogens with one attached hydrogen (secondary N) is 1. The summed E-state index contributed by atoms with van der Waals surface area (Å²) in [6.07, 6.45) is 0. The van der Waals surface area contributed by atoms with E-state index < -0.39 is 0 Å². The van der Waals surface area contributed by atoms with Crippen LogP contribution in [0.3, 0.4) is 0 Å². The van der Waals surface area contributed by atoms with Crippen molar-refractivity contribution in [3.05, 3.63) is 58.6 Å². The van der Waals surface area contributed by atoms with E-state index in [1.54, 1.807) is 18.2 Å². The molecule has 142 valence electrons. The van der Waals surface area contributed by atoms with Crippen molar-refractivity contribution >= 4 is 17.3 Å². The molecule has 1 aliphatic rings. The number of phenolic OH excluding ortho intramolecular Hbond substituents is 1. The van der Waals surface area contributed by atoms with Gasteiger partial charge in [-0.2, -0.15) is 0 Å². The van der Waals surface area contributed by atoms with Gasteiger partial charge in [-0.15, -0.1) is 0 Å². The van der Waals surface area contributed by atoms with E-state index in [4.69, 9.17) is 11.6 Å². The zero-order chi connectivity index (χ0) is 19.2. The van der Waals surface area contributed by atoms with Crippen LogP contribution in [0.5, 0.6) is 5.75 Å². The molecule has 1 fully saturated rings. The number of likely N-dealkylation sites (N-methyl/N-ethyl adjacent to an activating group) is 1. The lowest BCUT2D eigenvalue weighted by Gasteiger charge is -2.34. The Morgan fingerprint density at radius 1 is 1.11 bits per heavy atom. The van der Waals surface area contributed by atoms with E-state index in [0.29, 0.717) is 11.6 Å². The summed E-state index contributed by atoms with van der Waals surface area (Å²) in [5.74, 6) is 6.57. The second-order valence-electron chi connectivity index (χ2n) is 6.94. The van der Waals surface area contributed by atoms with E-state index in [2.05, 4.69) is 58.3 Å². The van der Waals surface area contributed by atoms with Crippen LogP contribution in [0.4, 0.5) is 5.69 Å². The zero-order valence-corrected chi connectivity index (χ0v) is 16.6. The second-order valence-corrected chi connectivity index (χ2v) is 7.38. The van der Waals surface area contributed by atoms with Crippen molar-refractivity contribution in [2.45, 2.75) is 13.0 Å². The molecule has 0 amide bonds. The molecule has 0 radical (unpaired) electrons. The van der Waals surface area contributed by atoms with E-state index in [0.717, 1.165) is 37.3 Å². The Bertz CT molecular complexity index is 818. The summed E-state index contributed by atoms with van der Waals surface area (Å²) in [5, 5.41) is 13.9. The van der Waals surface area contributed by atoms with Crippen molar-refractivity contribution in [2.24, 2.45) is 0 Å². The highest BCUT2D eigenvalue weighted by atomic mass is 35.5. The van der Waals surface area contributed by atoms with Gasteiger partial charge in [-0.1, -0.05) is 23.4 Å². The smallest absolute Gasteiger partial charge is 0.120 e. The minimum atomic E-state index is -0.0300. The molecular weight excluding hydrogens is 358 g/mol. The molecule has 0 spiro atoms. The number of hydrogen-bond acceptors (Lipinski definition) is 4. The summed E-state index contributed by atoms with van der Waals surface area (Å²) >= 11 is 6.01. The third-order valence-electron chi connectivity index (χ3n) is 4.92. The number of benzene rings is 2. The molecular formula is C22H26ClN3O. The van der Waals surface area contributed by atoms with Gasteiger partial charge in [0, 0.05) is 54.1 Å². The molecule has 0 aliphatic carbocycles. The molecule has 1 heterocycles. The number of aromatic hydroxyl groups is 1. The van der Waals surface area contributed by atoms with Crippen molar-refractivity contribution in [2.75, 3.05) is 44.7 Å². The van der Waals surface area contributed by atoms with Crippen molar-refractivity contribution < 1.29 is 5.11 Å². The molecule has 27 heavy (non-hydrogen) atoms. The third kappa shape index (κ3) is 5.40. The number of piperazine rings is 1. The van der Waals surface area contributed by atoms with E-state index >= 15 is 0 Å². The maximum atomic E-state index is 9.95. The number of hydrogen-bond donors (Lipinski definition) is 2. The topological polar surface area (TPSA) is 38.7 Å². The normalized spacial score (nSPS) is 15.9. The van der Waals surface area contributed by atoms with E-state index in [-0.39, 0.29) is 11.8 Å². The second kappa shape index (κ2) is 9.14. The van der Waals surface area contributed by atoms with Crippen LogP contribution in [0.2, 0.25) is 5.02 Å². The van der Waals surface area contributed by atoms with Gasteiger partial charge in [-0.05, 0) is 56.4 Å². The lowest BCUT2D eigenvalue weighted by atomic mass is 10.1. The van der Waals surface area contributed by atoms with Crippen molar-refractivity contribution in [1.82, 2.24) is 10.2 Å². The predicted octanol–water partition coefficient (Wildman–Crippen LogP) is 3.50. The Hall–Kier alpha value is -2.19. The number of nitrogens with zero attached hydrogens (tertiary/aromatic N) is 2. The Morgan fingerprint density at radius 3 is 2.52 bits per heavy atom. The van der Waals surface area contributed by atoms with Gasteiger partial charge in [-0.3, -0.25) is 5.32 Å². The van der Waals surface area contributed by atoms with Crippen LogP contribution in [0.15, 0.2) is 42.5 Å². The van der Waals surface area contributed by atoms with Crippen LogP contribution >= 0.6 is 11.6 Å². The maximum absolute atomic E-state index is 9.95. The lowest BCUT2D eigenvalue weighted by Crippen LogP contribution is -2.44. The summed E-state index contributed by atoms with van der Waals surface area (Å²) in [5.41, 5.74) is 3.05. The molecule has 0 saturated carbocycles. The first-order chi connectivity index (χ1) is 13.0. The van der Waals surface area contributed by atoms with Crippen LogP contribution in [0.1, 0.15) is 24.1 Å². The largest absolute Gasteiger partial charge is 0.508 e. The quantitative estimate of drug-likeness (QED) is 0.792. The summed E-state index contributed by atoms with van der Waals surface area (Å²) in [7, 11) is 2.17. The molecule has 5 heteroatoms. The van der Waals surface area contributed by atoms with Gasteiger partial charge in [0.05, 0.1) is 6.54 Å². The Balaban J connectivity index is 1.53. The first kappa shape index (κ1) is 19.6. The van der Waals surface area contributed by atoms with Crippen LogP contribution < -0.4 is 10.2 Å². The molecule has 4 nitrogen and oxygen atoms in total. The first-order valence-electron chi connectivity index (χ1n) is 9.27. The number of rotatable bonds is 4. The Kier molecular flexibility index (Phi) is 6.63. The summed E-state index contributed by atoms with van der Waals surface area (Å²) in [4.78, 5) is 4.77. The van der Waals surface area contributed by atoms with Gasteiger partial charge in [0.2, 0.25) is 0 Å². The van der Waals surface area contributed by atoms with Gasteiger partial charge >= 0.3 is 0 Å². The number of anilines is 1. The molecule has 1 aliphatic heterocycles.